The van der Waals surface area contributed by atoms with Crippen LogP contribution in [0.5, 0.6) is 0 Å². The Bertz CT molecular complexity index is 1220. The predicted molar refractivity (Wildman–Crippen MR) is 137 cm³/mol. The molecule has 4 amide bonds. The number of nitrogens with zero attached hydrogens (tertiary/aromatic N) is 5. The second kappa shape index (κ2) is 10.8. The number of β-lactam (4-membered cyclic amide) rings is 1. The average molecular weight is 508 g/mol. The number of imide groups is 1. The number of aromatic nitrogens is 3. The van der Waals surface area contributed by atoms with E-state index in [1.54, 1.807) is 13.1 Å². The topological polar surface area (TPSA) is 134 Å². The largest absolute Gasteiger partial charge is 0.384 e. The van der Waals surface area contributed by atoms with Gasteiger partial charge in [0, 0.05) is 12.7 Å². The number of pyridine rings is 1. The number of aryl methyl sites for hydroxylation is 1. The number of likely N-dealkylation sites (N-methyl/N-ethyl adjacent to an activating group) is 1. The van der Waals surface area contributed by atoms with Crippen LogP contribution in [0.1, 0.15) is 42.6 Å². The summed E-state index contributed by atoms with van der Waals surface area (Å²) in [5.41, 5.74) is 9.84. The minimum Gasteiger partial charge on any atom is -0.384 e. The summed E-state index contributed by atoms with van der Waals surface area (Å²) in [5.74, 6) is -1.20. The maximum Gasteiger partial charge on any atom is 0.325 e. The average Bonchev–Trinajstić information content (AvgIpc) is 3.39. The van der Waals surface area contributed by atoms with Crippen LogP contribution in [0.25, 0.3) is 0 Å². The van der Waals surface area contributed by atoms with Crippen LogP contribution in [-0.2, 0) is 16.0 Å². The number of anilines is 2. The highest BCUT2D eigenvalue weighted by Gasteiger charge is 2.55. The highest BCUT2D eigenvalue weighted by atomic mass is 32.1. The van der Waals surface area contributed by atoms with Crippen molar-refractivity contribution in [2.75, 3.05) is 17.7 Å². The van der Waals surface area contributed by atoms with E-state index in [-0.39, 0.29) is 12.5 Å². The molecule has 1 aromatic carbocycles. The van der Waals surface area contributed by atoms with Gasteiger partial charge in [0.15, 0.2) is 0 Å². The molecule has 0 bridgehead atoms. The molecular weight excluding hydrogens is 478 g/mol. The molecule has 11 heteroatoms. The Morgan fingerprint density at radius 2 is 2.00 bits per heavy atom. The second-order valence-electron chi connectivity index (χ2n) is 8.83. The van der Waals surface area contributed by atoms with Gasteiger partial charge in [0.1, 0.15) is 17.4 Å². The van der Waals surface area contributed by atoms with Crippen molar-refractivity contribution in [2.45, 2.75) is 45.2 Å². The van der Waals surface area contributed by atoms with Crippen molar-refractivity contribution < 1.29 is 14.4 Å². The molecule has 4 rings (SSSR count). The van der Waals surface area contributed by atoms with Crippen LogP contribution in [0.15, 0.2) is 48.0 Å². The molecule has 0 saturated carbocycles. The van der Waals surface area contributed by atoms with E-state index in [2.05, 4.69) is 20.5 Å². The Hall–Kier alpha value is -3.86. The Morgan fingerprint density at radius 1 is 1.25 bits per heavy atom. The van der Waals surface area contributed by atoms with Gasteiger partial charge < -0.3 is 11.1 Å². The zero-order chi connectivity index (χ0) is 25.8. The van der Waals surface area contributed by atoms with Gasteiger partial charge in [-0.05, 0) is 43.0 Å². The van der Waals surface area contributed by atoms with Crippen LogP contribution in [0.4, 0.5) is 15.7 Å². The van der Waals surface area contributed by atoms with E-state index in [0.29, 0.717) is 23.1 Å². The number of likely N-dealkylation sites (tertiary alicyclic amines) is 1. The highest BCUT2D eigenvalue weighted by Crippen LogP contribution is 2.34. The van der Waals surface area contributed by atoms with Crippen molar-refractivity contribution in [1.29, 1.82) is 0 Å². The van der Waals surface area contributed by atoms with Crippen LogP contribution >= 0.6 is 11.3 Å². The number of rotatable bonds is 8. The summed E-state index contributed by atoms with van der Waals surface area (Å²) in [5, 5.41) is 11.1. The van der Waals surface area contributed by atoms with Gasteiger partial charge in [-0.2, -0.15) is 0 Å². The van der Waals surface area contributed by atoms with Gasteiger partial charge >= 0.3 is 6.03 Å². The molecule has 0 aliphatic carbocycles. The molecule has 0 radical (unpaired) electrons. The van der Waals surface area contributed by atoms with E-state index in [4.69, 9.17) is 5.73 Å². The van der Waals surface area contributed by atoms with Crippen LogP contribution < -0.4 is 16.0 Å². The number of hydrogen-bond acceptors (Lipinski definition) is 8. The predicted octanol–water partition coefficient (Wildman–Crippen LogP) is 3.11. The Balaban J connectivity index is 1.60. The normalized spacial score (nSPS) is 17.9. The summed E-state index contributed by atoms with van der Waals surface area (Å²) in [4.78, 5) is 46.8. The third-order valence-corrected chi connectivity index (χ3v) is 6.98. The minimum atomic E-state index is -0.987. The van der Waals surface area contributed by atoms with Crippen LogP contribution in [-0.4, -0.2) is 51.0 Å². The van der Waals surface area contributed by atoms with Gasteiger partial charge in [-0.1, -0.05) is 55.0 Å². The van der Waals surface area contributed by atoms with E-state index >= 15 is 0 Å². The summed E-state index contributed by atoms with van der Waals surface area (Å²) in [6.45, 7) is 3.84. The lowest BCUT2D eigenvalue weighted by Gasteiger charge is -2.45. The molecule has 3 aromatic rings. The van der Waals surface area contributed by atoms with Crippen molar-refractivity contribution in [1.82, 2.24) is 25.4 Å². The minimum absolute atomic E-state index is 0.258. The van der Waals surface area contributed by atoms with E-state index in [9.17, 15) is 14.4 Å². The molecule has 1 aliphatic rings. The summed E-state index contributed by atoms with van der Waals surface area (Å²) < 4.78 is 0. The number of nitrogens with two attached hydrogens (primary N) is 1. The van der Waals surface area contributed by atoms with Crippen molar-refractivity contribution in [3.05, 3.63) is 64.8 Å². The van der Waals surface area contributed by atoms with Crippen molar-refractivity contribution in [2.24, 2.45) is 5.92 Å². The third kappa shape index (κ3) is 5.20. The first kappa shape index (κ1) is 25.2. The SMILES string of the molecule is CCC[C@@H](NC(=O)N1C(=O)[C@H](Cc2cc(C)nc(N)c2)[C@H]1C(=O)N(C)c1nncs1)c1ccccc1. The maximum atomic E-state index is 13.6. The molecule has 3 N–H and O–H groups in total. The number of nitrogen functional groups attached to an aromatic ring is 1. The summed E-state index contributed by atoms with van der Waals surface area (Å²) >= 11 is 1.20. The lowest BCUT2D eigenvalue weighted by Crippen LogP contribution is -2.70. The van der Waals surface area contributed by atoms with Gasteiger partial charge in [-0.25, -0.2) is 9.78 Å². The molecule has 3 atom stereocenters. The standard InChI is InChI=1S/C25H29N7O3S/c1-4-8-19(17-9-6-5-7-10-17)29-24(35)32-21(23(34)31(3)25-30-27-14-36-25)18(22(32)33)12-16-11-15(2)28-20(26)13-16/h5-7,9-11,13-14,18-19,21H,4,8,12H2,1-3H3,(H2,26,28)(H,29,35)/t18-,19-,21+/m1/s1. The van der Waals surface area contributed by atoms with Gasteiger partial charge in [-0.15, -0.1) is 10.2 Å². The first-order chi connectivity index (χ1) is 17.3. The summed E-state index contributed by atoms with van der Waals surface area (Å²) in [6.07, 6.45) is 1.79. The van der Waals surface area contributed by atoms with Crippen molar-refractivity contribution in [3.63, 3.8) is 0 Å². The monoisotopic (exact) mass is 507 g/mol. The van der Waals surface area contributed by atoms with Crippen molar-refractivity contribution >= 4 is 40.1 Å². The van der Waals surface area contributed by atoms with E-state index < -0.39 is 29.8 Å². The van der Waals surface area contributed by atoms with Gasteiger partial charge in [0.2, 0.25) is 11.0 Å². The Labute approximate surface area is 213 Å². The summed E-state index contributed by atoms with van der Waals surface area (Å²) in [7, 11) is 1.57. The molecule has 2 aromatic heterocycles. The van der Waals surface area contributed by atoms with Crippen LogP contribution in [0.3, 0.4) is 0 Å². The number of amides is 4. The van der Waals surface area contributed by atoms with Crippen LogP contribution in [0.2, 0.25) is 0 Å². The zero-order valence-corrected chi connectivity index (χ0v) is 21.2. The molecule has 1 saturated heterocycles. The number of urea groups is 1. The first-order valence-electron chi connectivity index (χ1n) is 11.8. The van der Waals surface area contributed by atoms with Crippen LogP contribution in [0, 0.1) is 12.8 Å². The molecule has 1 aliphatic heterocycles. The lowest BCUT2D eigenvalue weighted by atomic mass is 9.81. The number of benzene rings is 1. The van der Waals surface area contributed by atoms with Gasteiger partial charge in [0.25, 0.3) is 5.91 Å². The molecule has 3 heterocycles. The fourth-order valence-corrected chi connectivity index (χ4v) is 5.05. The van der Waals surface area contributed by atoms with Gasteiger partial charge in [0.05, 0.1) is 12.0 Å². The number of carbonyl (C=O) groups is 3. The molecule has 0 unspecified atom stereocenters. The lowest BCUT2D eigenvalue weighted by molar-refractivity contribution is -0.156. The number of nitrogens with one attached hydrogen (secondary N) is 1. The second-order valence-corrected chi connectivity index (χ2v) is 9.64. The van der Waals surface area contributed by atoms with E-state index in [1.165, 1.54) is 21.7 Å². The van der Waals surface area contributed by atoms with E-state index in [1.807, 2.05) is 50.2 Å². The third-order valence-electron chi connectivity index (χ3n) is 6.22. The molecule has 0 spiro atoms. The maximum absolute atomic E-state index is 13.6. The molecule has 188 valence electrons. The fourth-order valence-electron chi connectivity index (χ4n) is 4.52. The molecular formula is C25H29N7O3S. The highest BCUT2D eigenvalue weighted by molar-refractivity contribution is 7.13. The first-order valence-corrected chi connectivity index (χ1v) is 12.6. The molecule has 10 nitrogen and oxygen atoms in total. The number of carbonyl (C=O) groups excluding carboxylic acids is 3. The Morgan fingerprint density at radius 3 is 2.64 bits per heavy atom. The smallest absolute Gasteiger partial charge is 0.325 e. The Kier molecular flexibility index (Phi) is 7.58. The number of hydrogen-bond donors (Lipinski definition) is 2. The fraction of sp³-hybridized carbons (Fsp3) is 0.360. The summed E-state index contributed by atoms with van der Waals surface area (Å²) in [6, 6.07) is 11.2. The van der Waals surface area contributed by atoms with E-state index in [0.717, 1.165) is 22.4 Å². The quantitative estimate of drug-likeness (QED) is 0.447. The van der Waals surface area contributed by atoms with Gasteiger partial charge in [-0.3, -0.25) is 19.4 Å². The van der Waals surface area contributed by atoms with Crippen molar-refractivity contribution in [3.8, 4) is 0 Å². The molecule has 1 fully saturated rings. The zero-order valence-electron chi connectivity index (χ0n) is 20.4. The molecule has 36 heavy (non-hydrogen) atoms.